The van der Waals surface area contributed by atoms with Gasteiger partial charge in [-0.3, -0.25) is 14.4 Å². The third-order valence-corrected chi connectivity index (χ3v) is 11.6. The molecule has 1 aromatic carbocycles. The zero-order valence-electron chi connectivity index (χ0n) is 35.1. The number of hydrogen-bond donors (Lipinski definition) is 2. The zero-order chi connectivity index (χ0) is 41.5. The molecule has 3 aliphatic rings. The van der Waals surface area contributed by atoms with E-state index >= 15 is 0 Å². The number of ether oxygens (including phenoxy) is 5. The number of cyclic esters (lactones) is 1. The van der Waals surface area contributed by atoms with Crippen LogP contribution >= 0.6 is 0 Å². The number of hydrogen-bond acceptors (Lipinski definition) is 13. The van der Waals surface area contributed by atoms with E-state index in [2.05, 4.69) is 10.1 Å². The lowest BCUT2D eigenvalue weighted by atomic mass is 9.73. The molecular formula is C42H65N3O11. The first-order valence-electron chi connectivity index (χ1n) is 20.0. The maximum atomic E-state index is 14.4. The summed E-state index contributed by atoms with van der Waals surface area (Å²) in [6, 6.07) is 9.53. The molecule has 3 heterocycles. The largest absolute Gasteiger partial charge is 0.459 e. The predicted molar refractivity (Wildman–Crippen MR) is 210 cm³/mol. The van der Waals surface area contributed by atoms with Crippen LogP contribution < -0.4 is 0 Å². The number of esters is 1. The van der Waals surface area contributed by atoms with Crippen molar-refractivity contribution < 1.29 is 53.1 Å². The molecule has 14 nitrogen and oxygen atoms in total. The highest BCUT2D eigenvalue weighted by atomic mass is 16.7. The minimum atomic E-state index is -1.82. The quantitative estimate of drug-likeness (QED) is 0.167. The molecule has 0 aliphatic carbocycles. The summed E-state index contributed by atoms with van der Waals surface area (Å²) in [5.74, 6) is -5.19. The second-order valence-corrected chi connectivity index (χ2v) is 16.6. The monoisotopic (exact) mass is 787 g/mol. The number of aliphatic hydroxyl groups excluding tert-OH is 1. The molecule has 14 heteroatoms. The number of aliphatic hydroxyl groups is 2. The fraction of sp³-hybridized carbons (Fsp3) is 0.738. The lowest BCUT2D eigenvalue weighted by Gasteiger charge is -2.47. The van der Waals surface area contributed by atoms with Gasteiger partial charge in [-0.2, -0.15) is 0 Å². The number of rotatable bonds is 8. The van der Waals surface area contributed by atoms with E-state index in [0.717, 1.165) is 5.56 Å². The van der Waals surface area contributed by atoms with Crippen LogP contribution in [0, 0.1) is 23.7 Å². The number of benzene rings is 1. The first-order chi connectivity index (χ1) is 26.3. The number of ketones is 1. The molecule has 56 heavy (non-hydrogen) atoms. The van der Waals surface area contributed by atoms with Crippen LogP contribution in [0.3, 0.4) is 0 Å². The molecule has 0 saturated carbocycles. The number of aliphatic imine (C=N–C) groups is 1. The Morgan fingerprint density at radius 2 is 1.71 bits per heavy atom. The Hall–Kier alpha value is -3.11. The molecule has 1 aromatic rings. The zero-order valence-corrected chi connectivity index (χ0v) is 35.1. The van der Waals surface area contributed by atoms with E-state index in [9.17, 15) is 24.6 Å². The Kier molecular flexibility index (Phi) is 15.9. The summed E-state index contributed by atoms with van der Waals surface area (Å²) in [7, 11) is 3.74. The molecule has 0 aromatic heterocycles. The number of oxime groups is 1. The minimum absolute atomic E-state index is 0.134. The molecule has 3 saturated heterocycles. The Labute approximate surface area is 332 Å². The first kappa shape index (κ1) is 45.6. The summed E-state index contributed by atoms with van der Waals surface area (Å²) >= 11 is 0. The number of nitrogens with zero attached hydrogens (tertiary/aromatic N) is 3. The van der Waals surface area contributed by atoms with Gasteiger partial charge in [0.05, 0.1) is 37.1 Å². The van der Waals surface area contributed by atoms with Crippen molar-refractivity contribution in [2.45, 2.75) is 142 Å². The highest BCUT2D eigenvalue weighted by Gasteiger charge is 2.53. The highest BCUT2D eigenvalue weighted by Crippen LogP contribution is 2.40. The van der Waals surface area contributed by atoms with Gasteiger partial charge in [0.15, 0.2) is 12.1 Å². The fourth-order valence-corrected chi connectivity index (χ4v) is 8.55. The van der Waals surface area contributed by atoms with Gasteiger partial charge in [0.1, 0.15) is 36.0 Å². The Balaban J connectivity index is 1.91. The van der Waals surface area contributed by atoms with E-state index in [1.54, 1.807) is 20.8 Å². The Morgan fingerprint density at radius 3 is 2.34 bits per heavy atom. The maximum absolute atomic E-state index is 14.4. The smallest absolute Gasteiger partial charge is 0.316 e. The van der Waals surface area contributed by atoms with Crippen molar-refractivity contribution in [1.29, 1.82) is 0 Å². The number of fused-ring (bicyclic) bond motifs is 5. The average Bonchev–Trinajstić information content (AvgIpc) is 3.16. The first-order valence-corrected chi connectivity index (χ1v) is 20.0. The van der Waals surface area contributed by atoms with Crippen LogP contribution in [-0.4, -0.2) is 132 Å². The van der Waals surface area contributed by atoms with E-state index < -0.39 is 83.2 Å². The van der Waals surface area contributed by atoms with Gasteiger partial charge in [-0.1, -0.05) is 63.2 Å². The number of amides is 1. The van der Waals surface area contributed by atoms with E-state index in [-0.39, 0.29) is 44.8 Å². The van der Waals surface area contributed by atoms with Crippen LogP contribution in [0.25, 0.3) is 0 Å². The molecule has 4 rings (SSSR count). The van der Waals surface area contributed by atoms with E-state index in [1.807, 2.05) is 70.1 Å². The molecule has 0 spiro atoms. The minimum Gasteiger partial charge on any atom is -0.459 e. The van der Waals surface area contributed by atoms with Gasteiger partial charge < -0.3 is 43.6 Å². The summed E-state index contributed by atoms with van der Waals surface area (Å²) in [6.07, 6.45) is -4.33. The number of carbonyl (C=O) groups is 3. The van der Waals surface area contributed by atoms with Crippen molar-refractivity contribution in [2.75, 3.05) is 33.9 Å². The van der Waals surface area contributed by atoms with Crippen molar-refractivity contribution in [1.82, 2.24) is 4.90 Å². The van der Waals surface area contributed by atoms with E-state index in [4.69, 9.17) is 28.5 Å². The normalized spacial score (nSPS) is 39.4. The van der Waals surface area contributed by atoms with E-state index in [0.29, 0.717) is 24.3 Å². The number of Topliss-reactive ketones (excluding diaryl/α,β-unsaturated/α-hetero) is 1. The molecule has 3 aliphatic heterocycles. The molecule has 2 bridgehead atoms. The van der Waals surface area contributed by atoms with Gasteiger partial charge in [0, 0.05) is 36.9 Å². The molecule has 2 N–H and O–H groups in total. The predicted octanol–water partition coefficient (Wildman–Crippen LogP) is 4.16. The number of likely N-dealkylation sites (N-methyl/N-ethyl adjacent to an activating group) is 1. The van der Waals surface area contributed by atoms with Crippen molar-refractivity contribution in [3.63, 3.8) is 0 Å². The van der Waals surface area contributed by atoms with Gasteiger partial charge in [-0.15, -0.1) is 0 Å². The van der Waals surface area contributed by atoms with Gasteiger partial charge in [0.2, 0.25) is 5.91 Å². The second-order valence-electron chi connectivity index (χ2n) is 16.6. The molecule has 314 valence electrons. The SMILES string of the molecule is CC[C@H]1OC(=O)[C@H](C)C(=O)[C@H](C)[C@@H](O[C@@H]2O[C@H](C)C[C@H](N(C)C)[C@H]2O)[C@@]2(C)C[C@@H](C)C(=NC(C)=O)[C@H](C)[C@@H](OC/C(=N/OCCc3ccccc3)CO2)[C@]1(C)O. The maximum Gasteiger partial charge on any atom is 0.316 e. The van der Waals surface area contributed by atoms with Gasteiger partial charge >= 0.3 is 5.97 Å². The fourth-order valence-electron chi connectivity index (χ4n) is 8.55. The van der Waals surface area contributed by atoms with Gasteiger partial charge in [0.25, 0.3) is 0 Å². The second kappa shape index (κ2) is 19.6. The summed E-state index contributed by atoms with van der Waals surface area (Å²) in [5.41, 5.74) is -1.34. The third-order valence-electron chi connectivity index (χ3n) is 11.6. The lowest BCUT2D eigenvalue weighted by molar-refractivity contribution is -0.296. The van der Waals surface area contributed by atoms with Crippen LogP contribution in [-0.2, 0) is 49.3 Å². The van der Waals surface area contributed by atoms with Crippen molar-refractivity contribution in [3.05, 3.63) is 35.9 Å². The summed E-state index contributed by atoms with van der Waals surface area (Å²) in [4.78, 5) is 53.3. The van der Waals surface area contributed by atoms with Crippen molar-refractivity contribution in [3.8, 4) is 0 Å². The molecule has 0 radical (unpaired) electrons. The molecule has 1 amide bonds. The molecule has 0 unspecified atom stereocenters. The van der Waals surface area contributed by atoms with Gasteiger partial charge in [-0.05, 0) is 72.5 Å². The average molecular weight is 788 g/mol. The molecule has 13 atom stereocenters. The van der Waals surface area contributed by atoms with Crippen LogP contribution in [0.4, 0.5) is 0 Å². The number of carbonyl (C=O) groups excluding carboxylic acids is 3. The van der Waals surface area contributed by atoms with Crippen LogP contribution in [0.1, 0.15) is 87.1 Å². The van der Waals surface area contributed by atoms with Gasteiger partial charge in [-0.25, -0.2) is 4.99 Å². The summed E-state index contributed by atoms with van der Waals surface area (Å²) in [6.45, 7) is 15.2. The highest BCUT2D eigenvalue weighted by molar-refractivity contribution is 6.00. The Morgan fingerprint density at radius 1 is 1.04 bits per heavy atom. The lowest BCUT2D eigenvalue weighted by Crippen LogP contribution is -2.60. The third kappa shape index (κ3) is 10.9. The topological polar surface area (TPSA) is 175 Å². The van der Waals surface area contributed by atoms with Crippen LogP contribution in [0.2, 0.25) is 0 Å². The van der Waals surface area contributed by atoms with Crippen molar-refractivity contribution >= 4 is 29.1 Å². The summed E-state index contributed by atoms with van der Waals surface area (Å²) in [5, 5.41) is 28.4. The summed E-state index contributed by atoms with van der Waals surface area (Å²) < 4.78 is 32.4. The molecule has 3 fully saturated rings. The van der Waals surface area contributed by atoms with E-state index in [1.165, 1.54) is 20.8 Å². The standard InChI is InChI=1S/C42H65N3O11/c1-12-33-42(9,50)38-26(4)34(43-29(7)46)24(2)21-41(8,52-23-31(22-51-38)44-53-19-18-30-16-14-13-15-17-30)37(27(5)35(47)28(6)39(49)55-33)56-40-36(48)32(45(10)11)20-25(3)54-40/h13-17,24-28,32-33,36-38,40,48,50H,12,18-23H2,1-11H3/b43-34?,44-31-/t24-,25-,26+,27+,28-,32+,33-,36-,37-,38-,40+,41-,42-/m1/s1. The Bertz CT molecular complexity index is 1550. The van der Waals surface area contributed by atoms with Crippen LogP contribution in [0.5, 0.6) is 0 Å². The molecular weight excluding hydrogens is 722 g/mol. The van der Waals surface area contributed by atoms with Crippen LogP contribution in [0.15, 0.2) is 40.5 Å². The van der Waals surface area contributed by atoms with Crippen molar-refractivity contribution in [2.24, 2.45) is 33.8 Å².